The van der Waals surface area contributed by atoms with Crippen LogP contribution in [-0.2, 0) is 4.79 Å². The van der Waals surface area contributed by atoms with Gasteiger partial charge in [-0.25, -0.2) is 0 Å². The standard InChI is InChI=1S/C11H13NO2/c1-7-3-2-4-8(5-7)9-6-10(12-9)11(13)14/h2-5,9-10,12H,6H2,1H3,(H,13,14). The van der Waals surface area contributed by atoms with Gasteiger partial charge in [-0.05, 0) is 18.9 Å². The van der Waals surface area contributed by atoms with Crippen molar-refractivity contribution in [3.63, 3.8) is 0 Å². The van der Waals surface area contributed by atoms with Gasteiger partial charge in [-0.3, -0.25) is 10.1 Å². The van der Waals surface area contributed by atoms with E-state index in [1.54, 1.807) is 0 Å². The Bertz CT molecular complexity index is 356. The van der Waals surface area contributed by atoms with Gasteiger partial charge in [0.2, 0.25) is 0 Å². The third-order valence-corrected chi connectivity index (χ3v) is 2.62. The van der Waals surface area contributed by atoms with E-state index in [1.807, 2.05) is 25.1 Å². The molecule has 0 bridgehead atoms. The van der Waals surface area contributed by atoms with Crippen LogP contribution >= 0.6 is 0 Å². The number of nitrogens with one attached hydrogen (secondary N) is 1. The van der Waals surface area contributed by atoms with Gasteiger partial charge in [-0.1, -0.05) is 29.8 Å². The molecule has 2 N–H and O–H groups in total. The van der Waals surface area contributed by atoms with Crippen molar-refractivity contribution in [3.05, 3.63) is 35.4 Å². The van der Waals surface area contributed by atoms with Crippen LogP contribution in [0.5, 0.6) is 0 Å². The summed E-state index contributed by atoms with van der Waals surface area (Å²) in [6.07, 6.45) is 0.693. The number of benzene rings is 1. The number of aliphatic carboxylic acids is 1. The lowest BCUT2D eigenvalue weighted by Gasteiger charge is -2.34. The fraction of sp³-hybridized carbons (Fsp3) is 0.364. The van der Waals surface area contributed by atoms with Crippen molar-refractivity contribution in [1.29, 1.82) is 0 Å². The molecule has 3 heteroatoms. The molecule has 0 saturated carbocycles. The van der Waals surface area contributed by atoms with Crippen LogP contribution in [0.4, 0.5) is 0 Å². The highest BCUT2D eigenvalue weighted by Crippen LogP contribution is 2.28. The molecule has 1 fully saturated rings. The van der Waals surface area contributed by atoms with Gasteiger partial charge in [0.25, 0.3) is 0 Å². The van der Waals surface area contributed by atoms with E-state index in [0.717, 1.165) is 0 Å². The lowest BCUT2D eigenvalue weighted by molar-refractivity contribution is -0.142. The maximum absolute atomic E-state index is 10.6. The molecule has 0 spiro atoms. The summed E-state index contributed by atoms with van der Waals surface area (Å²) in [5.41, 5.74) is 2.39. The molecule has 0 amide bonds. The van der Waals surface area contributed by atoms with Crippen LogP contribution in [0, 0.1) is 6.92 Å². The van der Waals surface area contributed by atoms with E-state index in [-0.39, 0.29) is 12.1 Å². The van der Waals surface area contributed by atoms with Gasteiger partial charge in [0, 0.05) is 6.04 Å². The SMILES string of the molecule is Cc1cccc(C2CC(C(=O)O)N2)c1. The molecule has 3 nitrogen and oxygen atoms in total. The highest BCUT2D eigenvalue weighted by Gasteiger charge is 2.34. The molecule has 1 aliphatic heterocycles. The number of rotatable bonds is 2. The predicted molar refractivity (Wildman–Crippen MR) is 53.1 cm³/mol. The molecule has 2 atom stereocenters. The van der Waals surface area contributed by atoms with Crippen molar-refractivity contribution >= 4 is 5.97 Å². The maximum atomic E-state index is 10.6. The van der Waals surface area contributed by atoms with E-state index in [1.165, 1.54) is 11.1 Å². The van der Waals surface area contributed by atoms with Crippen LogP contribution in [0.15, 0.2) is 24.3 Å². The van der Waals surface area contributed by atoms with E-state index in [0.29, 0.717) is 6.42 Å². The second-order valence-corrected chi connectivity index (χ2v) is 3.76. The Hall–Kier alpha value is -1.35. The first kappa shape index (κ1) is 9.21. The van der Waals surface area contributed by atoms with Gasteiger partial charge in [0.1, 0.15) is 6.04 Å². The van der Waals surface area contributed by atoms with Crippen molar-refractivity contribution in [3.8, 4) is 0 Å². The van der Waals surface area contributed by atoms with Gasteiger partial charge in [0.05, 0.1) is 0 Å². The summed E-state index contributed by atoms with van der Waals surface area (Å²) < 4.78 is 0. The molecular formula is C11H13NO2. The Morgan fingerprint density at radius 1 is 1.57 bits per heavy atom. The van der Waals surface area contributed by atoms with E-state index in [4.69, 9.17) is 5.11 Å². The second-order valence-electron chi connectivity index (χ2n) is 3.76. The normalized spacial score (nSPS) is 25.5. The first-order chi connectivity index (χ1) is 6.66. The minimum atomic E-state index is -0.756. The third kappa shape index (κ3) is 1.63. The van der Waals surface area contributed by atoms with Gasteiger partial charge >= 0.3 is 5.97 Å². The van der Waals surface area contributed by atoms with Crippen molar-refractivity contribution in [2.24, 2.45) is 0 Å². The summed E-state index contributed by atoms with van der Waals surface area (Å²) in [6, 6.07) is 8.02. The lowest BCUT2D eigenvalue weighted by atomic mass is 9.90. The molecule has 0 aromatic heterocycles. The predicted octanol–water partition coefficient (Wildman–Crippen LogP) is 1.48. The molecular weight excluding hydrogens is 178 g/mol. The summed E-state index contributed by atoms with van der Waals surface area (Å²) in [5.74, 6) is -0.756. The van der Waals surface area contributed by atoms with Gasteiger partial charge in [-0.15, -0.1) is 0 Å². The smallest absolute Gasteiger partial charge is 0.320 e. The molecule has 1 aromatic rings. The van der Waals surface area contributed by atoms with Crippen LogP contribution in [0.25, 0.3) is 0 Å². The van der Waals surface area contributed by atoms with Crippen molar-refractivity contribution in [2.45, 2.75) is 25.4 Å². The Kier molecular flexibility index (Phi) is 2.25. The summed E-state index contributed by atoms with van der Waals surface area (Å²) in [5, 5.41) is 11.7. The van der Waals surface area contributed by atoms with Crippen LogP contribution in [-0.4, -0.2) is 17.1 Å². The van der Waals surface area contributed by atoms with Crippen molar-refractivity contribution in [2.75, 3.05) is 0 Å². The molecule has 1 aromatic carbocycles. The van der Waals surface area contributed by atoms with Crippen molar-refractivity contribution in [1.82, 2.24) is 5.32 Å². The van der Waals surface area contributed by atoms with E-state index >= 15 is 0 Å². The maximum Gasteiger partial charge on any atom is 0.320 e. The fourth-order valence-corrected chi connectivity index (χ4v) is 1.75. The Balaban J connectivity index is 2.03. The Labute approximate surface area is 82.8 Å². The molecule has 0 aliphatic carbocycles. The zero-order chi connectivity index (χ0) is 10.1. The minimum Gasteiger partial charge on any atom is -0.480 e. The zero-order valence-corrected chi connectivity index (χ0v) is 8.03. The van der Waals surface area contributed by atoms with Gasteiger partial charge in [-0.2, -0.15) is 0 Å². The first-order valence-electron chi connectivity index (χ1n) is 4.72. The monoisotopic (exact) mass is 191 g/mol. The minimum absolute atomic E-state index is 0.219. The molecule has 1 heterocycles. The summed E-state index contributed by atoms with van der Waals surface area (Å²) in [7, 11) is 0. The molecule has 2 unspecified atom stereocenters. The molecule has 0 radical (unpaired) electrons. The number of carboxylic acid groups (broad SMARTS) is 1. The largest absolute Gasteiger partial charge is 0.480 e. The molecule has 1 saturated heterocycles. The third-order valence-electron chi connectivity index (χ3n) is 2.62. The summed E-state index contributed by atoms with van der Waals surface area (Å²) in [6.45, 7) is 2.04. The highest BCUT2D eigenvalue weighted by atomic mass is 16.4. The van der Waals surface area contributed by atoms with Crippen LogP contribution in [0.1, 0.15) is 23.6 Å². The molecule has 1 aliphatic rings. The second kappa shape index (κ2) is 3.42. The highest BCUT2D eigenvalue weighted by molar-refractivity contribution is 5.75. The van der Waals surface area contributed by atoms with Crippen LogP contribution < -0.4 is 5.32 Å². The van der Waals surface area contributed by atoms with Gasteiger partial charge < -0.3 is 5.11 Å². The van der Waals surface area contributed by atoms with Crippen LogP contribution in [0.3, 0.4) is 0 Å². The van der Waals surface area contributed by atoms with Crippen molar-refractivity contribution < 1.29 is 9.90 Å². The van der Waals surface area contributed by atoms with E-state index in [9.17, 15) is 4.79 Å². The van der Waals surface area contributed by atoms with E-state index in [2.05, 4.69) is 11.4 Å². The quantitative estimate of drug-likeness (QED) is 0.744. The molecule has 14 heavy (non-hydrogen) atoms. The summed E-state index contributed by atoms with van der Waals surface area (Å²) >= 11 is 0. The Morgan fingerprint density at radius 2 is 2.29 bits per heavy atom. The fourth-order valence-electron chi connectivity index (χ4n) is 1.75. The lowest BCUT2D eigenvalue weighted by Crippen LogP contribution is -2.50. The summed E-state index contributed by atoms with van der Waals surface area (Å²) in [4.78, 5) is 10.6. The Morgan fingerprint density at radius 3 is 2.86 bits per heavy atom. The topological polar surface area (TPSA) is 49.3 Å². The van der Waals surface area contributed by atoms with E-state index < -0.39 is 5.97 Å². The zero-order valence-electron chi connectivity index (χ0n) is 8.03. The molecule has 74 valence electrons. The average molecular weight is 191 g/mol. The number of hydrogen-bond donors (Lipinski definition) is 2. The number of carboxylic acids is 1. The average Bonchev–Trinajstić information content (AvgIpc) is 2.00. The van der Waals surface area contributed by atoms with Gasteiger partial charge in [0.15, 0.2) is 0 Å². The molecule has 2 rings (SSSR count). The number of aryl methyl sites for hydroxylation is 1. The first-order valence-corrected chi connectivity index (χ1v) is 4.72. The van der Waals surface area contributed by atoms with Crippen LogP contribution in [0.2, 0.25) is 0 Å². The number of hydrogen-bond acceptors (Lipinski definition) is 2. The number of carbonyl (C=O) groups is 1.